The maximum Gasteiger partial charge on any atom is 0.277 e. The summed E-state index contributed by atoms with van der Waals surface area (Å²) in [7, 11) is 1.55. The van der Waals surface area contributed by atoms with Crippen molar-refractivity contribution in [3.63, 3.8) is 0 Å². The van der Waals surface area contributed by atoms with Gasteiger partial charge in [0.15, 0.2) is 0 Å². The topological polar surface area (TPSA) is 92.2 Å². The van der Waals surface area contributed by atoms with Gasteiger partial charge >= 0.3 is 0 Å². The molecule has 0 aliphatic heterocycles. The first-order chi connectivity index (χ1) is 14.5. The lowest BCUT2D eigenvalue weighted by Gasteiger charge is -2.23. The standard InChI is InChI=1S/C22H22N4O3S/c1-15-9-10-17(13-16(15)2)21-24-25-22(29-21)30-14-20(27)26(12-6-11-23)18-7-4-5-8-19(18)28-3/h4-5,7-10,13H,6,12,14H2,1-3H3. The van der Waals surface area contributed by atoms with E-state index in [0.717, 1.165) is 11.1 Å². The molecule has 0 radical (unpaired) electrons. The van der Waals surface area contributed by atoms with E-state index in [1.54, 1.807) is 24.1 Å². The predicted molar refractivity (Wildman–Crippen MR) is 116 cm³/mol. The van der Waals surface area contributed by atoms with Crippen LogP contribution in [0.3, 0.4) is 0 Å². The van der Waals surface area contributed by atoms with Gasteiger partial charge in [0.05, 0.1) is 31.0 Å². The minimum atomic E-state index is -0.175. The Hall–Kier alpha value is -3.31. The third-order valence-electron chi connectivity index (χ3n) is 4.60. The molecule has 1 aromatic heterocycles. The van der Waals surface area contributed by atoms with Crippen LogP contribution in [-0.4, -0.2) is 35.5 Å². The zero-order chi connectivity index (χ0) is 21.5. The molecule has 0 N–H and O–H groups in total. The van der Waals surface area contributed by atoms with Crippen LogP contribution in [-0.2, 0) is 4.79 Å². The summed E-state index contributed by atoms with van der Waals surface area (Å²) in [5.74, 6) is 0.909. The van der Waals surface area contributed by atoms with Gasteiger partial charge in [0.25, 0.3) is 5.22 Å². The Kier molecular flexibility index (Phi) is 7.09. The molecule has 0 spiro atoms. The highest BCUT2D eigenvalue weighted by Gasteiger charge is 2.20. The molecular formula is C22H22N4O3S. The number of ether oxygens (including phenoxy) is 1. The number of carbonyl (C=O) groups excluding carboxylic acids is 1. The van der Waals surface area contributed by atoms with Gasteiger partial charge in [-0.1, -0.05) is 30.0 Å². The highest BCUT2D eigenvalue weighted by molar-refractivity contribution is 7.99. The molecule has 3 aromatic rings. The van der Waals surface area contributed by atoms with E-state index in [0.29, 0.717) is 22.6 Å². The van der Waals surface area contributed by atoms with Crippen molar-refractivity contribution in [1.29, 1.82) is 5.26 Å². The van der Waals surface area contributed by atoms with Crippen molar-refractivity contribution in [3.8, 4) is 23.3 Å². The third-order valence-corrected chi connectivity index (χ3v) is 5.41. The van der Waals surface area contributed by atoms with E-state index >= 15 is 0 Å². The van der Waals surface area contributed by atoms with E-state index in [1.165, 1.54) is 17.3 Å². The average Bonchev–Trinajstić information content (AvgIpc) is 3.24. The monoisotopic (exact) mass is 422 g/mol. The summed E-state index contributed by atoms with van der Waals surface area (Å²) >= 11 is 1.17. The molecule has 0 aliphatic carbocycles. The summed E-state index contributed by atoms with van der Waals surface area (Å²) in [5, 5.41) is 17.4. The van der Waals surface area contributed by atoms with Crippen LogP contribution in [0.4, 0.5) is 5.69 Å². The molecule has 0 aliphatic rings. The fraction of sp³-hybridized carbons (Fsp3) is 0.273. The number of hydrogen-bond donors (Lipinski definition) is 0. The molecule has 7 nitrogen and oxygen atoms in total. The van der Waals surface area contributed by atoms with Gasteiger partial charge in [0.1, 0.15) is 5.75 Å². The maximum absolute atomic E-state index is 12.9. The molecule has 0 bridgehead atoms. The average molecular weight is 423 g/mol. The number of methoxy groups -OCH3 is 1. The summed E-state index contributed by atoms with van der Waals surface area (Å²) < 4.78 is 11.1. The molecule has 8 heteroatoms. The first-order valence-electron chi connectivity index (χ1n) is 9.37. The lowest BCUT2D eigenvalue weighted by molar-refractivity contribution is -0.116. The number of nitrogens with zero attached hydrogens (tertiary/aromatic N) is 4. The van der Waals surface area contributed by atoms with Crippen molar-refractivity contribution in [3.05, 3.63) is 53.6 Å². The second kappa shape index (κ2) is 9.94. The molecule has 0 unspecified atom stereocenters. The van der Waals surface area contributed by atoms with Gasteiger partial charge in [0, 0.05) is 12.1 Å². The zero-order valence-corrected chi connectivity index (χ0v) is 17.9. The summed E-state index contributed by atoms with van der Waals surface area (Å²) in [5.41, 5.74) is 3.79. The number of aryl methyl sites for hydroxylation is 2. The minimum Gasteiger partial charge on any atom is -0.495 e. The van der Waals surface area contributed by atoms with E-state index in [9.17, 15) is 4.79 Å². The minimum absolute atomic E-state index is 0.0953. The quantitative estimate of drug-likeness (QED) is 0.497. The van der Waals surface area contributed by atoms with E-state index in [4.69, 9.17) is 14.4 Å². The number of para-hydroxylation sites is 2. The van der Waals surface area contributed by atoms with Crippen LogP contribution < -0.4 is 9.64 Å². The summed E-state index contributed by atoms with van der Waals surface area (Å²) in [4.78, 5) is 14.5. The molecule has 154 valence electrons. The molecule has 2 aromatic carbocycles. The van der Waals surface area contributed by atoms with E-state index in [1.807, 2.05) is 44.2 Å². The first kappa shape index (κ1) is 21.4. The van der Waals surface area contributed by atoms with E-state index < -0.39 is 0 Å². The number of thioether (sulfide) groups is 1. The van der Waals surface area contributed by atoms with Gasteiger partial charge in [-0.3, -0.25) is 4.79 Å². The van der Waals surface area contributed by atoms with E-state index in [2.05, 4.69) is 16.3 Å². The molecule has 1 amide bonds. The number of anilines is 1. The van der Waals surface area contributed by atoms with Gasteiger partial charge in [-0.25, -0.2) is 0 Å². The lowest BCUT2D eigenvalue weighted by Crippen LogP contribution is -2.33. The van der Waals surface area contributed by atoms with E-state index in [-0.39, 0.29) is 24.6 Å². The van der Waals surface area contributed by atoms with Crippen molar-refractivity contribution < 1.29 is 13.9 Å². The van der Waals surface area contributed by atoms with Gasteiger partial charge in [0.2, 0.25) is 11.8 Å². The summed E-state index contributed by atoms with van der Waals surface area (Å²) in [6.45, 7) is 4.34. The zero-order valence-electron chi connectivity index (χ0n) is 17.1. The van der Waals surface area contributed by atoms with Crippen LogP contribution in [0.15, 0.2) is 52.1 Å². The third kappa shape index (κ3) is 4.99. The van der Waals surface area contributed by atoms with Crippen molar-refractivity contribution in [2.75, 3.05) is 24.3 Å². The van der Waals surface area contributed by atoms with Crippen molar-refractivity contribution in [1.82, 2.24) is 10.2 Å². The van der Waals surface area contributed by atoms with Gasteiger partial charge in [-0.05, 0) is 49.2 Å². The molecule has 0 saturated heterocycles. The van der Waals surface area contributed by atoms with Crippen molar-refractivity contribution >= 4 is 23.4 Å². The number of nitriles is 1. The first-order valence-corrected chi connectivity index (χ1v) is 10.4. The Balaban J connectivity index is 1.72. The molecular weight excluding hydrogens is 400 g/mol. The summed E-state index contributed by atoms with van der Waals surface area (Å²) in [6.07, 6.45) is 0.214. The Labute approximate surface area is 179 Å². The Morgan fingerprint density at radius 2 is 2.00 bits per heavy atom. The molecule has 0 atom stereocenters. The normalized spacial score (nSPS) is 10.5. The van der Waals surface area contributed by atoms with Crippen molar-refractivity contribution in [2.45, 2.75) is 25.5 Å². The molecule has 0 saturated carbocycles. The fourth-order valence-corrected chi connectivity index (χ4v) is 3.49. The second-order valence-corrected chi connectivity index (χ2v) is 7.51. The number of aromatic nitrogens is 2. The van der Waals surface area contributed by atoms with Crippen molar-refractivity contribution in [2.24, 2.45) is 0 Å². The predicted octanol–water partition coefficient (Wildman–Crippen LogP) is 4.40. The molecule has 1 heterocycles. The number of hydrogen-bond acceptors (Lipinski definition) is 7. The van der Waals surface area contributed by atoms with Gasteiger partial charge < -0.3 is 14.1 Å². The maximum atomic E-state index is 12.9. The van der Waals surface area contributed by atoms with Crippen LogP contribution in [0, 0.1) is 25.2 Å². The SMILES string of the molecule is COc1ccccc1N(CCC#N)C(=O)CSc1nnc(-c2ccc(C)c(C)c2)o1. The Morgan fingerprint density at radius 1 is 1.20 bits per heavy atom. The van der Waals surface area contributed by atoms with Gasteiger partial charge in [-0.15, -0.1) is 10.2 Å². The smallest absolute Gasteiger partial charge is 0.277 e. The van der Waals surface area contributed by atoms with Crippen LogP contribution >= 0.6 is 11.8 Å². The number of benzene rings is 2. The Bertz CT molecular complexity index is 1070. The molecule has 3 rings (SSSR count). The number of rotatable bonds is 8. The Morgan fingerprint density at radius 3 is 2.73 bits per heavy atom. The summed E-state index contributed by atoms with van der Waals surface area (Å²) in [6, 6.07) is 15.2. The molecule has 0 fully saturated rings. The second-order valence-electron chi connectivity index (χ2n) is 6.59. The van der Waals surface area contributed by atoms with Gasteiger partial charge in [-0.2, -0.15) is 5.26 Å². The number of amides is 1. The van der Waals surface area contributed by atoms with Crippen LogP contribution in [0.2, 0.25) is 0 Å². The van der Waals surface area contributed by atoms with Crippen LogP contribution in [0.25, 0.3) is 11.5 Å². The highest BCUT2D eigenvalue weighted by Crippen LogP contribution is 2.30. The number of carbonyl (C=O) groups is 1. The van der Waals surface area contributed by atoms with Crippen LogP contribution in [0.1, 0.15) is 17.5 Å². The highest BCUT2D eigenvalue weighted by atomic mass is 32.2. The fourth-order valence-electron chi connectivity index (χ4n) is 2.85. The largest absolute Gasteiger partial charge is 0.495 e. The van der Waals surface area contributed by atoms with Crippen LogP contribution in [0.5, 0.6) is 5.75 Å². The molecule has 30 heavy (non-hydrogen) atoms. The lowest BCUT2D eigenvalue weighted by atomic mass is 10.1.